The van der Waals surface area contributed by atoms with E-state index in [2.05, 4.69) is 28.2 Å². The molecule has 3 unspecified atom stereocenters. The highest BCUT2D eigenvalue weighted by Crippen LogP contribution is 2.34. The van der Waals surface area contributed by atoms with Crippen LogP contribution in [0.2, 0.25) is 0 Å². The first kappa shape index (κ1) is 14.5. The molecule has 2 aliphatic heterocycles. The summed E-state index contributed by atoms with van der Waals surface area (Å²) >= 11 is 3.33. The minimum absolute atomic E-state index is 0.0599. The molecule has 0 bridgehead atoms. The minimum atomic E-state index is -0.477. The number of benzene rings is 1. The molecule has 1 aromatic carbocycles. The summed E-state index contributed by atoms with van der Waals surface area (Å²) < 4.78 is 0.598. The Bertz CT molecular complexity index is 607. The average Bonchev–Trinajstić information content (AvgIpc) is 3.02. The summed E-state index contributed by atoms with van der Waals surface area (Å²) in [4.78, 5) is 25.0. The molecule has 0 aromatic heterocycles. The number of likely N-dealkylation sites (tertiary alicyclic amines) is 1. The van der Waals surface area contributed by atoms with E-state index in [1.54, 1.807) is 6.07 Å². The zero-order chi connectivity index (χ0) is 15.1. The van der Waals surface area contributed by atoms with Crippen LogP contribution in [0.4, 0.5) is 5.69 Å². The zero-order valence-corrected chi connectivity index (χ0v) is 13.2. The normalized spacial score (nSPS) is 27.7. The Morgan fingerprint density at radius 1 is 1.48 bits per heavy atom. The Balaban J connectivity index is 1.89. The van der Waals surface area contributed by atoms with Crippen molar-refractivity contribution in [2.24, 2.45) is 11.8 Å². The Hall–Kier alpha value is -1.47. The fourth-order valence-electron chi connectivity index (χ4n) is 3.38. The Morgan fingerprint density at radius 2 is 2.24 bits per heavy atom. The number of carbonyl (C=O) groups is 1. The van der Waals surface area contributed by atoms with Crippen LogP contribution in [0.15, 0.2) is 22.7 Å². The van der Waals surface area contributed by atoms with Gasteiger partial charge in [-0.25, -0.2) is 0 Å². The number of fused-ring (bicyclic) bond motifs is 1. The molecule has 1 aromatic rings. The molecule has 2 saturated heterocycles. The number of nitro groups is 1. The van der Waals surface area contributed by atoms with Crippen molar-refractivity contribution in [3.05, 3.63) is 38.3 Å². The zero-order valence-electron chi connectivity index (χ0n) is 11.6. The van der Waals surface area contributed by atoms with Crippen molar-refractivity contribution in [2.45, 2.75) is 13.0 Å². The van der Waals surface area contributed by atoms with Gasteiger partial charge in [-0.05, 0) is 40.8 Å². The highest BCUT2D eigenvalue weighted by Gasteiger charge is 2.44. The van der Waals surface area contributed by atoms with Crippen LogP contribution in [0.5, 0.6) is 0 Å². The molecule has 2 aliphatic rings. The number of hydrogen-bond donors (Lipinski definition) is 1. The Morgan fingerprint density at radius 3 is 2.90 bits per heavy atom. The summed E-state index contributed by atoms with van der Waals surface area (Å²) in [6.07, 6.45) is 0. The number of hydrogen-bond acceptors (Lipinski definition) is 4. The van der Waals surface area contributed by atoms with Crippen LogP contribution in [0, 0.1) is 22.0 Å². The van der Waals surface area contributed by atoms with Gasteiger partial charge in [-0.2, -0.15) is 0 Å². The molecular formula is C14H16BrN3O3. The van der Waals surface area contributed by atoms with Gasteiger partial charge in [-0.15, -0.1) is 0 Å². The van der Waals surface area contributed by atoms with Gasteiger partial charge in [-0.3, -0.25) is 14.9 Å². The van der Waals surface area contributed by atoms with Crippen LogP contribution in [-0.4, -0.2) is 41.4 Å². The molecule has 1 N–H and O–H groups in total. The van der Waals surface area contributed by atoms with Gasteiger partial charge in [0.2, 0.25) is 0 Å². The van der Waals surface area contributed by atoms with Crippen LogP contribution in [-0.2, 0) is 0 Å². The maximum atomic E-state index is 12.7. The lowest BCUT2D eigenvalue weighted by Crippen LogP contribution is -2.38. The summed E-state index contributed by atoms with van der Waals surface area (Å²) in [5.74, 6) is 0.834. The van der Waals surface area contributed by atoms with Gasteiger partial charge in [0, 0.05) is 42.3 Å². The molecule has 7 heteroatoms. The number of carbonyl (C=O) groups excluding carboxylic acids is 1. The Labute approximate surface area is 130 Å². The molecular weight excluding hydrogens is 338 g/mol. The maximum absolute atomic E-state index is 12.7. The van der Waals surface area contributed by atoms with Gasteiger partial charge >= 0.3 is 0 Å². The first-order valence-corrected chi connectivity index (χ1v) is 7.74. The van der Waals surface area contributed by atoms with E-state index in [9.17, 15) is 14.9 Å². The monoisotopic (exact) mass is 353 g/mol. The summed E-state index contributed by atoms with van der Waals surface area (Å²) in [5.41, 5.74) is 0.305. The van der Waals surface area contributed by atoms with E-state index in [0.29, 0.717) is 28.4 Å². The second kappa shape index (κ2) is 5.38. The smallest absolute Gasteiger partial charge is 0.270 e. The first-order chi connectivity index (χ1) is 9.99. The maximum Gasteiger partial charge on any atom is 0.270 e. The van der Waals surface area contributed by atoms with E-state index in [4.69, 9.17) is 0 Å². The summed E-state index contributed by atoms with van der Waals surface area (Å²) in [5, 5.41) is 14.2. The molecule has 21 heavy (non-hydrogen) atoms. The van der Waals surface area contributed by atoms with Crippen LogP contribution in [0.25, 0.3) is 0 Å². The van der Waals surface area contributed by atoms with Crippen molar-refractivity contribution in [2.75, 3.05) is 19.6 Å². The van der Waals surface area contributed by atoms with Gasteiger partial charge < -0.3 is 10.2 Å². The van der Waals surface area contributed by atoms with Gasteiger partial charge in [-0.1, -0.05) is 0 Å². The molecule has 2 heterocycles. The third-order valence-corrected chi connectivity index (χ3v) is 5.28. The highest BCUT2D eigenvalue weighted by atomic mass is 79.9. The van der Waals surface area contributed by atoms with E-state index in [1.807, 2.05) is 4.90 Å². The molecule has 1 amide bonds. The van der Waals surface area contributed by atoms with Crippen molar-refractivity contribution in [3.63, 3.8) is 0 Å². The van der Waals surface area contributed by atoms with Crippen molar-refractivity contribution in [1.29, 1.82) is 0 Å². The predicted octanol–water partition coefficient (Wildman–Crippen LogP) is 2.04. The molecule has 2 fully saturated rings. The predicted molar refractivity (Wildman–Crippen MR) is 81.1 cm³/mol. The summed E-state index contributed by atoms with van der Waals surface area (Å²) in [7, 11) is 0. The molecule has 0 radical (unpaired) electrons. The fourth-order valence-corrected chi connectivity index (χ4v) is 3.80. The van der Waals surface area contributed by atoms with Gasteiger partial charge in [0.1, 0.15) is 0 Å². The van der Waals surface area contributed by atoms with E-state index < -0.39 is 4.92 Å². The third kappa shape index (κ3) is 2.44. The topological polar surface area (TPSA) is 75.5 Å². The number of halogens is 1. The standard InChI is InChI=1S/C14H16BrN3O3/c1-8-12-6-16-5-9(12)7-17(8)14(19)11-4-10(18(20)21)2-3-13(11)15/h2-4,8-9,12,16H,5-7H2,1H3. The van der Waals surface area contributed by atoms with Crippen molar-refractivity contribution >= 4 is 27.5 Å². The van der Waals surface area contributed by atoms with E-state index in [-0.39, 0.29) is 17.6 Å². The van der Waals surface area contributed by atoms with Gasteiger partial charge in [0.15, 0.2) is 0 Å². The molecule has 0 saturated carbocycles. The van der Waals surface area contributed by atoms with Crippen LogP contribution in [0.1, 0.15) is 17.3 Å². The largest absolute Gasteiger partial charge is 0.335 e. The van der Waals surface area contributed by atoms with Crippen molar-refractivity contribution in [3.8, 4) is 0 Å². The molecule has 0 spiro atoms. The number of nitrogens with one attached hydrogen (secondary N) is 1. The van der Waals surface area contributed by atoms with Crippen LogP contribution in [0.3, 0.4) is 0 Å². The Kier molecular flexibility index (Phi) is 3.71. The van der Waals surface area contributed by atoms with E-state index >= 15 is 0 Å². The third-order valence-electron chi connectivity index (χ3n) is 4.59. The number of non-ortho nitro benzene ring substituents is 1. The van der Waals surface area contributed by atoms with Crippen LogP contribution < -0.4 is 5.32 Å². The number of rotatable bonds is 2. The van der Waals surface area contributed by atoms with Crippen molar-refractivity contribution in [1.82, 2.24) is 10.2 Å². The summed E-state index contributed by atoms with van der Waals surface area (Å²) in [6.45, 7) is 4.65. The number of nitro benzene ring substituents is 1. The highest BCUT2D eigenvalue weighted by molar-refractivity contribution is 9.10. The molecule has 6 nitrogen and oxygen atoms in total. The quantitative estimate of drug-likeness (QED) is 0.652. The van der Waals surface area contributed by atoms with Crippen LogP contribution >= 0.6 is 15.9 Å². The second-order valence-electron chi connectivity index (χ2n) is 5.70. The van der Waals surface area contributed by atoms with Gasteiger partial charge in [0.25, 0.3) is 11.6 Å². The van der Waals surface area contributed by atoms with E-state index in [1.165, 1.54) is 12.1 Å². The van der Waals surface area contributed by atoms with E-state index in [0.717, 1.165) is 13.1 Å². The second-order valence-corrected chi connectivity index (χ2v) is 6.56. The molecule has 3 rings (SSSR count). The fraction of sp³-hybridized carbons (Fsp3) is 0.500. The minimum Gasteiger partial charge on any atom is -0.335 e. The first-order valence-electron chi connectivity index (χ1n) is 6.94. The number of amides is 1. The number of nitrogens with zero attached hydrogens (tertiary/aromatic N) is 2. The summed E-state index contributed by atoms with van der Waals surface area (Å²) in [6, 6.07) is 4.47. The molecule has 112 valence electrons. The lowest BCUT2D eigenvalue weighted by molar-refractivity contribution is -0.384. The SMILES string of the molecule is CC1C2CNCC2CN1C(=O)c1cc([N+](=O)[O-])ccc1Br. The average molecular weight is 354 g/mol. The molecule has 0 aliphatic carbocycles. The lowest BCUT2D eigenvalue weighted by Gasteiger charge is -2.25. The molecule has 3 atom stereocenters. The van der Waals surface area contributed by atoms with Crippen molar-refractivity contribution < 1.29 is 9.72 Å². The lowest BCUT2D eigenvalue weighted by atomic mass is 9.95. The van der Waals surface area contributed by atoms with Gasteiger partial charge in [0.05, 0.1) is 10.5 Å².